The summed E-state index contributed by atoms with van der Waals surface area (Å²) in [5, 5.41) is 9.81. The molecule has 0 N–H and O–H groups in total. The summed E-state index contributed by atoms with van der Waals surface area (Å²) in [6, 6.07) is 8.16. The molecule has 1 fully saturated rings. The van der Waals surface area contributed by atoms with Crippen LogP contribution in [0.2, 0.25) is 0 Å². The Morgan fingerprint density at radius 2 is 1.82 bits per heavy atom. The van der Waals surface area contributed by atoms with Gasteiger partial charge in [0.15, 0.2) is 0 Å². The summed E-state index contributed by atoms with van der Waals surface area (Å²) in [6.07, 6.45) is 1.97. The molecule has 4 heterocycles. The molecule has 0 saturated carbocycles. The van der Waals surface area contributed by atoms with Gasteiger partial charge in [0.25, 0.3) is 0 Å². The number of fused-ring (bicyclic) bond motifs is 1. The Labute approximate surface area is 166 Å². The molecule has 0 spiro atoms. The fourth-order valence-corrected chi connectivity index (χ4v) is 4.33. The fraction of sp³-hybridized carbons (Fsp3) is 0.368. The van der Waals surface area contributed by atoms with Gasteiger partial charge in [-0.05, 0) is 13.8 Å². The summed E-state index contributed by atoms with van der Waals surface area (Å²) in [5.74, 6) is 1.31. The molecule has 1 aliphatic rings. The molecule has 3 aromatic heterocycles. The Morgan fingerprint density at radius 3 is 2.57 bits per heavy atom. The van der Waals surface area contributed by atoms with Gasteiger partial charge in [0, 0.05) is 31.7 Å². The van der Waals surface area contributed by atoms with Crippen molar-refractivity contribution in [2.45, 2.75) is 20.4 Å². The SMILES string of the molecule is Cc1ccc(-c2noc(CN3CCN(c4nn5cc(C)nc5s4)CC3)n2)cc1. The number of aromatic nitrogens is 5. The number of hydrogen-bond acceptors (Lipinski definition) is 8. The lowest BCUT2D eigenvalue weighted by molar-refractivity contribution is 0.215. The molecule has 4 aromatic rings. The zero-order valence-electron chi connectivity index (χ0n) is 15.9. The molecule has 0 atom stereocenters. The van der Waals surface area contributed by atoms with E-state index in [2.05, 4.69) is 49.1 Å². The monoisotopic (exact) mass is 395 g/mol. The third-order valence-corrected chi connectivity index (χ3v) is 5.92. The number of aryl methyl sites for hydroxylation is 2. The van der Waals surface area contributed by atoms with Gasteiger partial charge in [-0.3, -0.25) is 4.90 Å². The summed E-state index contributed by atoms with van der Waals surface area (Å²) in [6.45, 7) is 8.44. The quantitative estimate of drug-likeness (QED) is 0.526. The molecule has 144 valence electrons. The molecule has 8 nitrogen and oxygen atoms in total. The summed E-state index contributed by atoms with van der Waals surface area (Å²) < 4.78 is 7.33. The van der Waals surface area contributed by atoms with E-state index in [4.69, 9.17) is 4.52 Å². The molecule has 0 aliphatic carbocycles. The second-order valence-electron chi connectivity index (χ2n) is 7.14. The topological polar surface area (TPSA) is 75.6 Å². The van der Waals surface area contributed by atoms with Crippen LogP contribution in [0.25, 0.3) is 16.3 Å². The number of imidazole rings is 1. The van der Waals surface area contributed by atoms with Crippen LogP contribution in [0.15, 0.2) is 35.0 Å². The van der Waals surface area contributed by atoms with Crippen LogP contribution in [0.5, 0.6) is 0 Å². The summed E-state index contributed by atoms with van der Waals surface area (Å²) >= 11 is 1.64. The lowest BCUT2D eigenvalue weighted by atomic mass is 10.1. The Bertz CT molecular complexity index is 1060. The number of nitrogens with zero attached hydrogens (tertiary/aromatic N) is 7. The predicted octanol–water partition coefficient (Wildman–Crippen LogP) is 2.78. The van der Waals surface area contributed by atoms with Gasteiger partial charge in [-0.25, -0.2) is 9.50 Å². The van der Waals surface area contributed by atoms with Crippen LogP contribution < -0.4 is 4.90 Å². The molecule has 0 bridgehead atoms. The second kappa shape index (κ2) is 6.99. The van der Waals surface area contributed by atoms with Crippen molar-refractivity contribution in [2.24, 2.45) is 0 Å². The molecule has 0 unspecified atom stereocenters. The molecular weight excluding hydrogens is 374 g/mol. The van der Waals surface area contributed by atoms with E-state index in [1.54, 1.807) is 11.3 Å². The Kier molecular flexibility index (Phi) is 4.33. The molecule has 28 heavy (non-hydrogen) atoms. The van der Waals surface area contributed by atoms with E-state index in [1.165, 1.54) is 5.56 Å². The molecule has 9 heteroatoms. The van der Waals surface area contributed by atoms with Gasteiger partial charge in [-0.15, -0.1) is 5.10 Å². The van der Waals surface area contributed by atoms with Crippen molar-refractivity contribution in [3.63, 3.8) is 0 Å². The highest BCUT2D eigenvalue weighted by atomic mass is 32.1. The first-order valence-electron chi connectivity index (χ1n) is 9.34. The van der Waals surface area contributed by atoms with Gasteiger partial charge in [0.2, 0.25) is 21.8 Å². The molecule has 0 amide bonds. The highest BCUT2D eigenvalue weighted by molar-refractivity contribution is 7.20. The Hall–Kier alpha value is -2.78. The first-order chi connectivity index (χ1) is 13.6. The first kappa shape index (κ1) is 17.3. The summed E-state index contributed by atoms with van der Waals surface area (Å²) in [5.41, 5.74) is 3.20. The number of anilines is 1. The van der Waals surface area contributed by atoms with Crippen molar-refractivity contribution in [3.8, 4) is 11.4 Å². The zero-order valence-corrected chi connectivity index (χ0v) is 16.7. The minimum atomic E-state index is 0.648. The van der Waals surface area contributed by atoms with Crippen molar-refractivity contribution < 1.29 is 4.52 Å². The highest BCUT2D eigenvalue weighted by Crippen LogP contribution is 2.24. The minimum Gasteiger partial charge on any atom is -0.344 e. The van der Waals surface area contributed by atoms with Crippen LogP contribution in [-0.4, -0.2) is 55.8 Å². The van der Waals surface area contributed by atoms with E-state index in [0.717, 1.165) is 47.5 Å². The molecule has 1 aliphatic heterocycles. The maximum absolute atomic E-state index is 5.47. The van der Waals surface area contributed by atoms with Gasteiger partial charge in [-0.1, -0.05) is 46.3 Å². The third kappa shape index (κ3) is 3.38. The van der Waals surface area contributed by atoms with Crippen LogP contribution in [-0.2, 0) is 6.54 Å². The van der Waals surface area contributed by atoms with E-state index in [9.17, 15) is 0 Å². The lowest BCUT2D eigenvalue weighted by Crippen LogP contribution is -2.46. The average Bonchev–Trinajstić information content (AvgIpc) is 3.38. The van der Waals surface area contributed by atoms with Crippen molar-refractivity contribution in [1.82, 2.24) is 29.6 Å². The van der Waals surface area contributed by atoms with Gasteiger partial charge in [-0.2, -0.15) is 4.98 Å². The van der Waals surface area contributed by atoms with Crippen molar-refractivity contribution in [2.75, 3.05) is 31.1 Å². The van der Waals surface area contributed by atoms with Crippen LogP contribution in [0, 0.1) is 13.8 Å². The number of hydrogen-bond donors (Lipinski definition) is 0. The Balaban J connectivity index is 1.20. The normalized spacial score (nSPS) is 15.6. The standard InChI is InChI=1S/C19H21N7OS/c1-13-3-5-15(6-4-13)17-21-16(27-23-17)12-24-7-9-25(10-8-24)19-22-26-11-14(2)20-18(26)28-19/h3-6,11H,7-10,12H2,1-2H3. The average molecular weight is 395 g/mol. The van der Waals surface area contributed by atoms with Crippen LogP contribution >= 0.6 is 11.3 Å². The van der Waals surface area contributed by atoms with Gasteiger partial charge in [0.05, 0.1) is 18.4 Å². The van der Waals surface area contributed by atoms with Crippen molar-refractivity contribution in [1.29, 1.82) is 0 Å². The zero-order chi connectivity index (χ0) is 19.1. The van der Waals surface area contributed by atoms with E-state index in [-0.39, 0.29) is 0 Å². The predicted molar refractivity (Wildman–Crippen MR) is 108 cm³/mol. The molecule has 0 radical (unpaired) electrons. The minimum absolute atomic E-state index is 0.648. The number of benzene rings is 1. The summed E-state index contributed by atoms with van der Waals surface area (Å²) in [4.78, 5) is 14.6. The molecule has 5 rings (SSSR count). The van der Waals surface area contributed by atoms with Crippen LogP contribution in [0.3, 0.4) is 0 Å². The molecular formula is C19H21N7OS. The smallest absolute Gasteiger partial charge is 0.241 e. The fourth-order valence-electron chi connectivity index (χ4n) is 3.35. The van der Waals surface area contributed by atoms with Crippen LogP contribution in [0.1, 0.15) is 17.1 Å². The van der Waals surface area contributed by atoms with E-state index >= 15 is 0 Å². The van der Waals surface area contributed by atoms with E-state index in [1.807, 2.05) is 29.8 Å². The van der Waals surface area contributed by atoms with Gasteiger partial charge >= 0.3 is 0 Å². The van der Waals surface area contributed by atoms with Gasteiger partial charge in [0.1, 0.15) is 0 Å². The van der Waals surface area contributed by atoms with Crippen LogP contribution in [0.4, 0.5) is 5.13 Å². The largest absolute Gasteiger partial charge is 0.344 e. The van der Waals surface area contributed by atoms with Crippen molar-refractivity contribution >= 4 is 21.4 Å². The second-order valence-corrected chi connectivity index (χ2v) is 8.07. The van der Waals surface area contributed by atoms with E-state index in [0.29, 0.717) is 18.3 Å². The highest BCUT2D eigenvalue weighted by Gasteiger charge is 2.22. The lowest BCUT2D eigenvalue weighted by Gasteiger charge is -2.33. The molecule has 1 aromatic carbocycles. The number of rotatable bonds is 4. The Morgan fingerprint density at radius 1 is 1.04 bits per heavy atom. The maximum atomic E-state index is 5.47. The number of piperazine rings is 1. The maximum Gasteiger partial charge on any atom is 0.241 e. The van der Waals surface area contributed by atoms with Crippen molar-refractivity contribution in [3.05, 3.63) is 47.6 Å². The third-order valence-electron chi connectivity index (χ3n) is 4.93. The van der Waals surface area contributed by atoms with E-state index < -0.39 is 0 Å². The summed E-state index contributed by atoms with van der Waals surface area (Å²) in [7, 11) is 0. The molecule has 1 saturated heterocycles. The first-order valence-corrected chi connectivity index (χ1v) is 10.2. The van der Waals surface area contributed by atoms with Gasteiger partial charge < -0.3 is 9.42 Å².